The Labute approximate surface area is 118 Å². The lowest BCUT2D eigenvalue weighted by atomic mass is 10.2. The van der Waals surface area contributed by atoms with Crippen LogP contribution in [0.1, 0.15) is 25.3 Å². The molecule has 1 unspecified atom stereocenters. The van der Waals surface area contributed by atoms with Gasteiger partial charge in [0.2, 0.25) is 0 Å². The van der Waals surface area contributed by atoms with E-state index in [1.807, 2.05) is 6.92 Å². The molecule has 0 saturated heterocycles. The van der Waals surface area contributed by atoms with E-state index in [2.05, 4.69) is 10.6 Å². The molecule has 5 nitrogen and oxygen atoms in total. The Bertz CT molecular complexity index is 440. The molecule has 3 N–H and O–H groups in total. The molecule has 0 bridgehead atoms. The SMILES string of the molecule is CCC(O)CCNC(=O)NCc1ccc(OC)c(F)c1. The summed E-state index contributed by atoms with van der Waals surface area (Å²) < 4.78 is 18.2. The third-order valence-electron chi connectivity index (χ3n) is 2.90. The molecule has 1 aromatic carbocycles. The van der Waals surface area contributed by atoms with Crippen molar-refractivity contribution in [1.29, 1.82) is 0 Å². The number of carbonyl (C=O) groups excluding carboxylic acids is 1. The standard InChI is InChI=1S/C14H21FN2O3/c1-3-11(18)6-7-16-14(19)17-9-10-4-5-13(20-2)12(15)8-10/h4-5,8,11,18H,3,6-7,9H2,1-2H3,(H2,16,17,19). The van der Waals surface area contributed by atoms with E-state index in [1.165, 1.54) is 19.2 Å². The van der Waals surface area contributed by atoms with Crippen molar-refractivity contribution in [3.05, 3.63) is 29.6 Å². The summed E-state index contributed by atoms with van der Waals surface area (Å²) in [4.78, 5) is 11.5. The smallest absolute Gasteiger partial charge is 0.315 e. The van der Waals surface area contributed by atoms with E-state index in [0.29, 0.717) is 24.9 Å². The summed E-state index contributed by atoms with van der Waals surface area (Å²) in [5.41, 5.74) is 0.645. The highest BCUT2D eigenvalue weighted by atomic mass is 19.1. The van der Waals surface area contributed by atoms with Gasteiger partial charge in [-0.15, -0.1) is 0 Å². The van der Waals surface area contributed by atoms with Crippen LogP contribution < -0.4 is 15.4 Å². The van der Waals surface area contributed by atoms with Crippen LogP contribution in [0, 0.1) is 5.82 Å². The summed E-state index contributed by atoms with van der Waals surface area (Å²) >= 11 is 0. The van der Waals surface area contributed by atoms with Gasteiger partial charge in [-0.25, -0.2) is 9.18 Å². The molecule has 1 atom stereocenters. The van der Waals surface area contributed by atoms with Gasteiger partial charge in [-0.1, -0.05) is 13.0 Å². The fraction of sp³-hybridized carbons (Fsp3) is 0.500. The van der Waals surface area contributed by atoms with Gasteiger partial charge in [0.05, 0.1) is 13.2 Å². The number of hydrogen-bond acceptors (Lipinski definition) is 3. The average molecular weight is 284 g/mol. The van der Waals surface area contributed by atoms with Gasteiger partial charge in [-0.2, -0.15) is 0 Å². The zero-order valence-electron chi connectivity index (χ0n) is 11.8. The van der Waals surface area contributed by atoms with Crippen LogP contribution in [0.5, 0.6) is 5.75 Å². The summed E-state index contributed by atoms with van der Waals surface area (Å²) in [5, 5.41) is 14.6. The minimum absolute atomic E-state index is 0.173. The number of methoxy groups -OCH3 is 1. The number of benzene rings is 1. The highest BCUT2D eigenvalue weighted by molar-refractivity contribution is 5.73. The third-order valence-corrected chi connectivity index (χ3v) is 2.90. The van der Waals surface area contributed by atoms with Crippen LogP contribution in [0.3, 0.4) is 0 Å². The molecule has 0 aliphatic heterocycles. The molecule has 1 rings (SSSR count). The second-order valence-corrected chi connectivity index (χ2v) is 4.43. The Hall–Kier alpha value is -1.82. The fourth-order valence-corrected chi connectivity index (χ4v) is 1.62. The van der Waals surface area contributed by atoms with Crippen molar-refractivity contribution in [2.24, 2.45) is 0 Å². The van der Waals surface area contributed by atoms with Crippen molar-refractivity contribution in [1.82, 2.24) is 10.6 Å². The van der Waals surface area contributed by atoms with Crippen LogP contribution in [0.4, 0.5) is 9.18 Å². The van der Waals surface area contributed by atoms with Crippen molar-refractivity contribution >= 4 is 6.03 Å². The number of ether oxygens (including phenoxy) is 1. The normalized spacial score (nSPS) is 11.8. The first-order valence-corrected chi connectivity index (χ1v) is 6.59. The number of carbonyl (C=O) groups is 1. The second kappa shape index (κ2) is 8.37. The molecular formula is C14H21FN2O3. The third kappa shape index (κ3) is 5.44. The van der Waals surface area contributed by atoms with E-state index >= 15 is 0 Å². The highest BCUT2D eigenvalue weighted by Crippen LogP contribution is 2.17. The van der Waals surface area contributed by atoms with E-state index in [4.69, 9.17) is 4.74 Å². The van der Waals surface area contributed by atoms with E-state index in [1.54, 1.807) is 6.07 Å². The molecule has 0 saturated carbocycles. The molecule has 0 fully saturated rings. The molecule has 0 aromatic heterocycles. The number of aliphatic hydroxyl groups is 1. The number of rotatable bonds is 7. The lowest BCUT2D eigenvalue weighted by Gasteiger charge is -2.10. The first-order chi connectivity index (χ1) is 9.56. The molecule has 0 aliphatic carbocycles. The maximum Gasteiger partial charge on any atom is 0.315 e. The highest BCUT2D eigenvalue weighted by Gasteiger charge is 2.06. The Morgan fingerprint density at radius 2 is 2.20 bits per heavy atom. The van der Waals surface area contributed by atoms with Crippen molar-refractivity contribution in [2.75, 3.05) is 13.7 Å². The Kier molecular flexibility index (Phi) is 6.79. The summed E-state index contributed by atoms with van der Waals surface area (Å²) in [6.07, 6.45) is 0.779. The van der Waals surface area contributed by atoms with Crippen LogP contribution in [0.2, 0.25) is 0 Å². The molecule has 6 heteroatoms. The molecule has 2 amide bonds. The van der Waals surface area contributed by atoms with Gasteiger partial charge >= 0.3 is 6.03 Å². The molecule has 0 spiro atoms. The van der Waals surface area contributed by atoms with E-state index in [-0.39, 0.29) is 18.3 Å². The van der Waals surface area contributed by atoms with Gasteiger partial charge in [-0.05, 0) is 30.5 Å². The summed E-state index contributed by atoms with van der Waals surface area (Å²) in [6, 6.07) is 4.18. The van der Waals surface area contributed by atoms with Gasteiger partial charge in [0.25, 0.3) is 0 Å². The lowest BCUT2D eigenvalue weighted by molar-refractivity contribution is 0.160. The number of aliphatic hydroxyl groups excluding tert-OH is 1. The first kappa shape index (κ1) is 16.2. The van der Waals surface area contributed by atoms with Gasteiger partial charge in [0.1, 0.15) is 0 Å². The molecule has 0 heterocycles. The van der Waals surface area contributed by atoms with Crippen molar-refractivity contribution < 1.29 is 19.0 Å². The van der Waals surface area contributed by atoms with E-state index in [0.717, 1.165) is 0 Å². The van der Waals surface area contributed by atoms with Crippen LogP contribution in [0.15, 0.2) is 18.2 Å². The Morgan fingerprint density at radius 1 is 1.45 bits per heavy atom. The number of nitrogens with one attached hydrogen (secondary N) is 2. The minimum Gasteiger partial charge on any atom is -0.494 e. The maximum atomic E-state index is 13.4. The number of urea groups is 1. The Balaban J connectivity index is 2.32. The monoisotopic (exact) mass is 284 g/mol. The topological polar surface area (TPSA) is 70.6 Å². The molecule has 1 aromatic rings. The summed E-state index contributed by atoms with van der Waals surface area (Å²) in [5.74, 6) is -0.287. The fourth-order valence-electron chi connectivity index (χ4n) is 1.62. The molecule has 0 radical (unpaired) electrons. The molecule has 20 heavy (non-hydrogen) atoms. The van der Waals surface area contributed by atoms with Crippen molar-refractivity contribution in [3.8, 4) is 5.75 Å². The molecule has 112 valence electrons. The summed E-state index contributed by atoms with van der Waals surface area (Å²) in [6.45, 7) is 2.50. The predicted octanol–water partition coefficient (Wildman–Crippen LogP) is 1.79. The molecular weight excluding hydrogens is 263 g/mol. The Morgan fingerprint density at radius 3 is 2.80 bits per heavy atom. The minimum atomic E-state index is -0.460. The zero-order chi connectivity index (χ0) is 15.0. The van der Waals surface area contributed by atoms with Crippen LogP contribution in [0.25, 0.3) is 0 Å². The first-order valence-electron chi connectivity index (χ1n) is 6.59. The average Bonchev–Trinajstić information content (AvgIpc) is 2.45. The van der Waals surface area contributed by atoms with Crippen LogP contribution in [-0.4, -0.2) is 30.9 Å². The quantitative estimate of drug-likeness (QED) is 0.715. The number of halogens is 1. The number of hydrogen-bond donors (Lipinski definition) is 3. The lowest BCUT2D eigenvalue weighted by Crippen LogP contribution is -2.36. The predicted molar refractivity (Wildman–Crippen MR) is 74.1 cm³/mol. The van der Waals surface area contributed by atoms with Crippen LogP contribution in [-0.2, 0) is 6.54 Å². The van der Waals surface area contributed by atoms with Crippen molar-refractivity contribution in [3.63, 3.8) is 0 Å². The van der Waals surface area contributed by atoms with Gasteiger partial charge in [0, 0.05) is 13.1 Å². The second-order valence-electron chi connectivity index (χ2n) is 4.43. The van der Waals surface area contributed by atoms with Crippen molar-refractivity contribution in [2.45, 2.75) is 32.4 Å². The van der Waals surface area contributed by atoms with Gasteiger partial charge in [0.15, 0.2) is 11.6 Å². The largest absolute Gasteiger partial charge is 0.494 e. The van der Waals surface area contributed by atoms with Gasteiger partial charge in [-0.3, -0.25) is 0 Å². The molecule has 0 aliphatic rings. The summed E-state index contributed by atoms with van der Waals surface area (Å²) in [7, 11) is 1.40. The zero-order valence-corrected chi connectivity index (χ0v) is 11.8. The van der Waals surface area contributed by atoms with E-state index in [9.17, 15) is 14.3 Å². The van der Waals surface area contributed by atoms with E-state index < -0.39 is 11.9 Å². The number of amides is 2. The van der Waals surface area contributed by atoms with Crippen LogP contribution >= 0.6 is 0 Å². The van der Waals surface area contributed by atoms with Gasteiger partial charge < -0.3 is 20.5 Å². The maximum absolute atomic E-state index is 13.4.